The summed E-state index contributed by atoms with van der Waals surface area (Å²) in [5, 5.41) is 20.8. The highest BCUT2D eigenvalue weighted by molar-refractivity contribution is 9.10. The molecule has 0 radical (unpaired) electrons. The topological polar surface area (TPSA) is 102 Å². The number of aromatic nitrogens is 1. The summed E-state index contributed by atoms with van der Waals surface area (Å²) < 4.78 is 6.00. The number of halogens is 2. The molecule has 0 saturated carbocycles. The van der Waals surface area contributed by atoms with Gasteiger partial charge in [0, 0.05) is 10.5 Å². The van der Waals surface area contributed by atoms with Crippen molar-refractivity contribution in [2.24, 2.45) is 4.99 Å². The molecule has 0 unspecified atom stereocenters. The summed E-state index contributed by atoms with van der Waals surface area (Å²) in [4.78, 5) is 18.5. The van der Waals surface area contributed by atoms with Crippen LogP contribution in [0.1, 0.15) is 5.69 Å². The van der Waals surface area contributed by atoms with Crippen LogP contribution in [0.4, 0.5) is 11.4 Å². The first-order chi connectivity index (χ1) is 12.0. The van der Waals surface area contributed by atoms with Crippen LogP contribution in [0.15, 0.2) is 56.3 Å². The summed E-state index contributed by atoms with van der Waals surface area (Å²) in [6.07, 6.45) is 1.26. The third kappa shape index (κ3) is 3.70. The molecular formula is C16H9BrClN3O4. The van der Waals surface area contributed by atoms with Gasteiger partial charge in [-0.25, -0.2) is 4.98 Å². The van der Waals surface area contributed by atoms with E-state index in [1.165, 1.54) is 24.4 Å². The fourth-order valence-corrected chi connectivity index (χ4v) is 2.66. The van der Waals surface area contributed by atoms with Gasteiger partial charge in [0.1, 0.15) is 5.02 Å². The zero-order valence-corrected chi connectivity index (χ0v) is 14.7. The molecule has 9 heteroatoms. The summed E-state index contributed by atoms with van der Waals surface area (Å²) in [6.45, 7) is 0. The third-order valence-corrected chi connectivity index (χ3v) is 4.21. The fourth-order valence-electron chi connectivity index (χ4n) is 2.01. The van der Waals surface area contributed by atoms with Crippen molar-refractivity contribution in [3.8, 4) is 17.4 Å². The van der Waals surface area contributed by atoms with E-state index < -0.39 is 10.9 Å². The van der Waals surface area contributed by atoms with Crippen LogP contribution in [-0.4, -0.2) is 21.2 Å². The number of nitro groups is 1. The van der Waals surface area contributed by atoms with Gasteiger partial charge in [-0.3, -0.25) is 15.1 Å². The molecule has 126 valence electrons. The number of oxazole rings is 1. The monoisotopic (exact) mass is 421 g/mol. The first kappa shape index (κ1) is 17.1. The van der Waals surface area contributed by atoms with Gasteiger partial charge in [0.2, 0.25) is 5.89 Å². The van der Waals surface area contributed by atoms with Gasteiger partial charge in [-0.05, 0) is 40.2 Å². The number of aliphatic imine (C=N–C) groups is 1. The molecule has 0 spiro atoms. The highest BCUT2D eigenvalue weighted by Gasteiger charge is 2.15. The van der Waals surface area contributed by atoms with Gasteiger partial charge < -0.3 is 9.52 Å². The van der Waals surface area contributed by atoms with E-state index in [9.17, 15) is 15.2 Å². The van der Waals surface area contributed by atoms with Gasteiger partial charge in [-0.1, -0.05) is 23.7 Å². The predicted octanol–water partition coefficient (Wildman–Crippen LogP) is 5.12. The van der Waals surface area contributed by atoms with E-state index in [4.69, 9.17) is 16.0 Å². The predicted molar refractivity (Wildman–Crippen MR) is 96.7 cm³/mol. The van der Waals surface area contributed by atoms with E-state index in [1.807, 2.05) is 18.2 Å². The normalized spacial score (nSPS) is 11.1. The maximum atomic E-state index is 10.9. The lowest BCUT2D eigenvalue weighted by Crippen LogP contribution is -1.88. The van der Waals surface area contributed by atoms with E-state index in [0.717, 1.165) is 4.47 Å². The molecule has 0 amide bonds. The van der Waals surface area contributed by atoms with Gasteiger partial charge in [0.15, 0.2) is 5.69 Å². The van der Waals surface area contributed by atoms with Crippen LogP contribution in [0.25, 0.3) is 11.5 Å². The second-order valence-electron chi connectivity index (χ2n) is 4.84. The Morgan fingerprint density at radius 2 is 2.08 bits per heavy atom. The number of nitrogens with zero attached hydrogens (tertiary/aromatic N) is 3. The lowest BCUT2D eigenvalue weighted by molar-refractivity contribution is -0.384. The van der Waals surface area contributed by atoms with Gasteiger partial charge >= 0.3 is 5.95 Å². The number of hydrogen-bond acceptors (Lipinski definition) is 6. The van der Waals surface area contributed by atoms with Crippen molar-refractivity contribution in [1.82, 2.24) is 4.98 Å². The summed E-state index contributed by atoms with van der Waals surface area (Å²) >= 11 is 9.13. The Morgan fingerprint density at radius 3 is 2.80 bits per heavy atom. The smallest absolute Gasteiger partial charge is 0.312 e. The van der Waals surface area contributed by atoms with E-state index >= 15 is 0 Å². The molecular weight excluding hydrogens is 414 g/mol. The average Bonchev–Trinajstić information content (AvgIpc) is 2.95. The highest BCUT2D eigenvalue weighted by atomic mass is 79.9. The number of benzene rings is 2. The number of hydrogen-bond donors (Lipinski definition) is 1. The lowest BCUT2D eigenvalue weighted by Gasteiger charge is -1.97. The quantitative estimate of drug-likeness (QED) is 0.357. The van der Waals surface area contributed by atoms with Crippen molar-refractivity contribution in [2.75, 3.05) is 0 Å². The molecule has 0 saturated heterocycles. The molecule has 7 nitrogen and oxygen atoms in total. The molecule has 3 rings (SSSR count). The summed E-state index contributed by atoms with van der Waals surface area (Å²) in [5.74, 6) is -0.188. The van der Waals surface area contributed by atoms with E-state index in [2.05, 4.69) is 25.9 Å². The average molecular weight is 423 g/mol. The van der Waals surface area contributed by atoms with Gasteiger partial charge in [0.05, 0.1) is 22.4 Å². The number of nitro benzene ring substituents is 1. The minimum atomic E-state index is -0.597. The summed E-state index contributed by atoms with van der Waals surface area (Å²) in [6, 6.07) is 11.4. The van der Waals surface area contributed by atoms with Gasteiger partial charge in [0.25, 0.3) is 5.69 Å². The van der Waals surface area contributed by atoms with Crippen LogP contribution in [-0.2, 0) is 0 Å². The van der Waals surface area contributed by atoms with Gasteiger partial charge in [-0.2, -0.15) is 0 Å². The standard InChI is InChI=1S/C16H9BrClN3O4/c17-11-4-2-1-3-10(11)15-20-13(16(22)25-15)8-19-9-5-6-12(18)14(7-9)21(23)24/h1-8,22H. The molecule has 25 heavy (non-hydrogen) atoms. The molecule has 1 aromatic heterocycles. The van der Waals surface area contributed by atoms with Crippen LogP contribution >= 0.6 is 27.5 Å². The summed E-state index contributed by atoms with van der Waals surface area (Å²) in [7, 11) is 0. The summed E-state index contributed by atoms with van der Waals surface area (Å²) in [5.41, 5.74) is 0.804. The zero-order chi connectivity index (χ0) is 18.0. The van der Waals surface area contributed by atoms with Crippen molar-refractivity contribution in [1.29, 1.82) is 0 Å². The minimum Gasteiger partial charge on any atom is -0.479 e. The Balaban J connectivity index is 1.92. The molecule has 0 atom stereocenters. The molecule has 0 aliphatic rings. The van der Waals surface area contributed by atoms with E-state index in [-0.39, 0.29) is 22.3 Å². The minimum absolute atomic E-state index is 0.0180. The van der Waals surface area contributed by atoms with Crippen LogP contribution in [0.3, 0.4) is 0 Å². The molecule has 0 fully saturated rings. The fraction of sp³-hybridized carbons (Fsp3) is 0. The highest BCUT2D eigenvalue weighted by Crippen LogP contribution is 2.32. The molecule has 1 heterocycles. The first-order valence-corrected chi connectivity index (χ1v) is 8.05. The third-order valence-electron chi connectivity index (χ3n) is 3.20. The Bertz CT molecular complexity index is 987. The van der Waals surface area contributed by atoms with Crippen LogP contribution < -0.4 is 0 Å². The second kappa shape index (κ2) is 7.04. The molecule has 0 aliphatic heterocycles. The van der Waals surface area contributed by atoms with Crippen LogP contribution in [0.2, 0.25) is 5.02 Å². The SMILES string of the molecule is O=[N+]([O-])c1cc(N=Cc2nc(-c3ccccc3Br)oc2O)ccc1Cl. The zero-order valence-electron chi connectivity index (χ0n) is 12.4. The lowest BCUT2D eigenvalue weighted by atomic mass is 10.2. The maximum absolute atomic E-state index is 10.9. The molecule has 0 aliphatic carbocycles. The van der Waals surface area contributed by atoms with Crippen molar-refractivity contribution in [3.05, 3.63) is 67.8 Å². The van der Waals surface area contributed by atoms with Crippen molar-refractivity contribution in [2.45, 2.75) is 0 Å². The molecule has 0 bridgehead atoms. The maximum Gasteiger partial charge on any atom is 0.312 e. The Kier molecular flexibility index (Phi) is 4.82. The van der Waals surface area contributed by atoms with Crippen molar-refractivity contribution >= 4 is 45.1 Å². The van der Waals surface area contributed by atoms with E-state index in [1.54, 1.807) is 6.07 Å². The second-order valence-corrected chi connectivity index (χ2v) is 6.10. The number of rotatable bonds is 4. The van der Waals surface area contributed by atoms with Crippen LogP contribution in [0, 0.1) is 10.1 Å². The Hall–Kier alpha value is -2.71. The largest absolute Gasteiger partial charge is 0.479 e. The van der Waals surface area contributed by atoms with Crippen LogP contribution in [0.5, 0.6) is 5.95 Å². The Labute approximate surface area is 154 Å². The van der Waals surface area contributed by atoms with Crippen molar-refractivity contribution in [3.63, 3.8) is 0 Å². The molecule has 2 aromatic carbocycles. The van der Waals surface area contributed by atoms with Gasteiger partial charge in [-0.15, -0.1) is 0 Å². The Morgan fingerprint density at radius 1 is 1.32 bits per heavy atom. The van der Waals surface area contributed by atoms with Crippen molar-refractivity contribution < 1.29 is 14.4 Å². The number of aromatic hydroxyl groups is 1. The molecule has 3 aromatic rings. The van der Waals surface area contributed by atoms with E-state index in [0.29, 0.717) is 11.3 Å². The first-order valence-electron chi connectivity index (χ1n) is 6.88. The molecule has 1 N–H and O–H groups in total.